The van der Waals surface area contributed by atoms with E-state index < -0.39 is 0 Å². The summed E-state index contributed by atoms with van der Waals surface area (Å²) in [4.78, 5) is 36.0. The first kappa shape index (κ1) is 22.0. The van der Waals surface area contributed by atoms with Gasteiger partial charge in [0.05, 0.1) is 13.2 Å². The number of nitrogens with one attached hydrogen (secondary N) is 3. The third-order valence-corrected chi connectivity index (χ3v) is 5.84. The molecular formula is C23H30N6O3. The van der Waals surface area contributed by atoms with E-state index in [9.17, 15) is 9.59 Å². The number of hydrogen-bond acceptors (Lipinski definition) is 7. The summed E-state index contributed by atoms with van der Waals surface area (Å²) < 4.78 is 5.34. The number of aromatic amines is 1. The zero-order valence-electron chi connectivity index (χ0n) is 18.3. The minimum absolute atomic E-state index is 0.0154. The van der Waals surface area contributed by atoms with Crippen molar-refractivity contribution in [3.8, 4) is 11.1 Å². The van der Waals surface area contributed by atoms with Gasteiger partial charge >= 0.3 is 0 Å². The van der Waals surface area contributed by atoms with E-state index in [-0.39, 0.29) is 17.5 Å². The number of morpholine rings is 1. The Morgan fingerprint density at radius 1 is 1.28 bits per heavy atom. The van der Waals surface area contributed by atoms with Gasteiger partial charge in [-0.15, -0.1) is 0 Å². The first-order valence-corrected chi connectivity index (χ1v) is 11.0. The van der Waals surface area contributed by atoms with Gasteiger partial charge in [0, 0.05) is 69.8 Å². The maximum absolute atomic E-state index is 12.5. The second kappa shape index (κ2) is 10.4. The van der Waals surface area contributed by atoms with Crippen molar-refractivity contribution in [2.45, 2.75) is 12.5 Å². The first-order valence-electron chi connectivity index (χ1n) is 11.0. The quantitative estimate of drug-likeness (QED) is 0.561. The standard InChI is InChI=1S/C23H30N6O3/c1-24-21-14-17(4-6-25-21)18-13-20(23(31)26-15-18)27-19-5-8-29(16-19)22(30)3-2-7-28-9-11-32-12-10-28/h2-4,6,13-15,19,27H,5,7-12,16H2,1H3,(H,24,25)(H,26,31)/b3-2+. The van der Waals surface area contributed by atoms with E-state index >= 15 is 0 Å². The third kappa shape index (κ3) is 5.54. The number of carbonyl (C=O) groups excluding carboxylic acids is 1. The van der Waals surface area contributed by atoms with Gasteiger partial charge < -0.3 is 25.3 Å². The lowest BCUT2D eigenvalue weighted by molar-refractivity contribution is -0.125. The molecule has 0 bridgehead atoms. The van der Waals surface area contributed by atoms with E-state index in [1.807, 2.05) is 36.2 Å². The molecule has 0 aromatic carbocycles. The lowest BCUT2D eigenvalue weighted by Crippen LogP contribution is -2.36. The Hall–Kier alpha value is -3.17. The van der Waals surface area contributed by atoms with Gasteiger partial charge in [0.15, 0.2) is 0 Å². The zero-order valence-corrected chi connectivity index (χ0v) is 18.3. The molecule has 2 aromatic heterocycles. The lowest BCUT2D eigenvalue weighted by Gasteiger charge is -2.25. The maximum Gasteiger partial charge on any atom is 0.271 e. The Labute approximate surface area is 187 Å². The van der Waals surface area contributed by atoms with Gasteiger partial charge in [0.1, 0.15) is 11.5 Å². The van der Waals surface area contributed by atoms with E-state index in [4.69, 9.17) is 4.74 Å². The average molecular weight is 439 g/mol. The summed E-state index contributed by atoms with van der Waals surface area (Å²) >= 11 is 0. The molecule has 3 N–H and O–H groups in total. The van der Waals surface area contributed by atoms with Crippen molar-refractivity contribution in [2.75, 3.05) is 63.6 Å². The van der Waals surface area contributed by atoms with Crippen LogP contribution in [0.25, 0.3) is 11.1 Å². The monoisotopic (exact) mass is 438 g/mol. The number of likely N-dealkylation sites (tertiary alicyclic amines) is 1. The molecule has 0 aliphatic carbocycles. The van der Waals surface area contributed by atoms with Gasteiger partial charge in [-0.05, 0) is 30.2 Å². The van der Waals surface area contributed by atoms with Crippen LogP contribution in [0.15, 0.2) is 47.5 Å². The topological polar surface area (TPSA) is 103 Å². The van der Waals surface area contributed by atoms with Crippen LogP contribution in [-0.4, -0.2) is 84.7 Å². The Balaban J connectivity index is 1.34. The number of rotatable bonds is 7. The fourth-order valence-electron chi connectivity index (χ4n) is 3.99. The molecular weight excluding hydrogens is 408 g/mol. The van der Waals surface area contributed by atoms with Gasteiger partial charge in [-0.1, -0.05) is 6.08 Å². The summed E-state index contributed by atoms with van der Waals surface area (Å²) in [5.41, 5.74) is 2.18. The van der Waals surface area contributed by atoms with Crippen LogP contribution in [0.2, 0.25) is 0 Å². The predicted octanol–water partition coefficient (Wildman–Crippen LogP) is 1.38. The van der Waals surface area contributed by atoms with Crippen LogP contribution in [0, 0.1) is 0 Å². The fraction of sp³-hybridized carbons (Fsp3) is 0.435. The molecule has 1 atom stereocenters. The van der Waals surface area contributed by atoms with E-state index in [1.165, 1.54) is 0 Å². The Kier molecular flexibility index (Phi) is 7.18. The molecule has 2 aliphatic rings. The van der Waals surface area contributed by atoms with Crippen LogP contribution in [-0.2, 0) is 9.53 Å². The van der Waals surface area contributed by atoms with Crippen LogP contribution >= 0.6 is 0 Å². The number of aromatic nitrogens is 2. The number of pyridine rings is 2. The highest BCUT2D eigenvalue weighted by atomic mass is 16.5. The molecule has 1 amide bonds. The molecule has 2 aliphatic heterocycles. The molecule has 2 aromatic rings. The summed E-state index contributed by atoms with van der Waals surface area (Å²) in [6.07, 6.45) is 7.81. The number of nitrogens with zero attached hydrogens (tertiary/aromatic N) is 3. The highest BCUT2D eigenvalue weighted by Gasteiger charge is 2.25. The molecule has 32 heavy (non-hydrogen) atoms. The van der Waals surface area contributed by atoms with Crippen LogP contribution in [0.4, 0.5) is 11.5 Å². The van der Waals surface area contributed by atoms with Crippen LogP contribution in [0.3, 0.4) is 0 Å². The smallest absolute Gasteiger partial charge is 0.271 e. The van der Waals surface area contributed by atoms with Gasteiger partial charge in [-0.2, -0.15) is 0 Å². The van der Waals surface area contributed by atoms with E-state index in [0.29, 0.717) is 18.8 Å². The van der Waals surface area contributed by atoms with E-state index in [0.717, 1.165) is 56.2 Å². The second-order valence-electron chi connectivity index (χ2n) is 8.04. The SMILES string of the molecule is CNc1cc(-c2c[nH]c(=O)c(NC3CCN(C(=O)/C=C/CN4CCOCC4)C3)c2)ccn1. The van der Waals surface area contributed by atoms with Crippen LogP contribution < -0.4 is 16.2 Å². The average Bonchev–Trinajstić information content (AvgIpc) is 3.30. The number of carbonyl (C=O) groups is 1. The van der Waals surface area contributed by atoms with Crippen molar-refractivity contribution in [1.29, 1.82) is 0 Å². The van der Waals surface area contributed by atoms with Gasteiger partial charge in [0.2, 0.25) is 5.91 Å². The minimum atomic E-state index is -0.174. The molecule has 170 valence electrons. The fourth-order valence-corrected chi connectivity index (χ4v) is 3.99. The van der Waals surface area contributed by atoms with Crippen molar-refractivity contribution >= 4 is 17.4 Å². The number of hydrogen-bond donors (Lipinski definition) is 3. The minimum Gasteiger partial charge on any atom is -0.379 e. The molecule has 9 nitrogen and oxygen atoms in total. The highest BCUT2D eigenvalue weighted by Crippen LogP contribution is 2.22. The Bertz CT molecular complexity index is 1010. The maximum atomic E-state index is 12.5. The summed E-state index contributed by atoms with van der Waals surface area (Å²) in [5.74, 6) is 0.774. The Morgan fingerprint density at radius 3 is 2.94 bits per heavy atom. The van der Waals surface area contributed by atoms with Gasteiger partial charge in [-0.25, -0.2) is 4.98 Å². The molecule has 2 saturated heterocycles. The number of H-pyrrole nitrogens is 1. The Morgan fingerprint density at radius 2 is 2.12 bits per heavy atom. The van der Waals surface area contributed by atoms with Crippen molar-refractivity contribution in [3.05, 3.63) is 53.1 Å². The van der Waals surface area contributed by atoms with Crippen molar-refractivity contribution in [2.24, 2.45) is 0 Å². The molecule has 1 unspecified atom stereocenters. The molecule has 0 saturated carbocycles. The largest absolute Gasteiger partial charge is 0.379 e. The van der Waals surface area contributed by atoms with Crippen LogP contribution in [0.5, 0.6) is 0 Å². The van der Waals surface area contributed by atoms with E-state index in [2.05, 4.69) is 25.5 Å². The third-order valence-electron chi connectivity index (χ3n) is 5.84. The van der Waals surface area contributed by atoms with Gasteiger partial charge in [0.25, 0.3) is 5.56 Å². The van der Waals surface area contributed by atoms with Crippen molar-refractivity contribution in [3.63, 3.8) is 0 Å². The zero-order chi connectivity index (χ0) is 22.3. The first-order chi connectivity index (χ1) is 15.6. The molecule has 0 radical (unpaired) electrons. The van der Waals surface area contributed by atoms with Crippen LogP contribution in [0.1, 0.15) is 6.42 Å². The molecule has 9 heteroatoms. The summed E-state index contributed by atoms with van der Waals surface area (Å²) in [6, 6.07) is 5.71. The summed E-state index contributed by atoms with van der Waals surface area (Å²) in [6.45, 7) is 5.31. The normalized spacial score (nSPS) is 19.4. The van der Waals surface area contributed by atoms with Crippen molar-refractivity contribution < 1.29 is 9.53 Å². The lowest BCUT2D eigenvalue weighted by atomic mass is 10.1. The molecule has 4 heterocycles. The van der Waals surface area contributed by atoms with Gasteiger partial charge in [-0.3, -0.25) is 14.5 Å². The predicted molar refractivity (Wildman–Crippen MR) is 125 cm³/mol. The highest BCUT2D eigenvalue weighted by molar-refractivity contribution is 5.88. The summed E-state index contributed by atoms with van der Waals surface area (Å²) in [7, 11) is 1.82. The number of anilines is 2. The van der Waals surface area contributed by atoms with E-state index in [1.54, 1.807) is 18.5 Å². The second-order valence-corrected chi connectivity index (χ2v) is 8.04. The molecule has 0 spiro atoms. The molecule has 4 rings (SSSR count). The number of amides is 1. The summed E-state index contributed by atoms with van der Waals surface area (Å²) in [5, 5.41) is 6.35. The molecule has 2 fully saturated rings. The number of ether oxygens (including phenoxy) is 1. The van der Waals surface area contributed by atoms with Crippen molar-refractivity contribution in [1.82, 2.24) is 19.8 Å².